The molecule has 45 heavy (non-hydrogen) atoms. The van der Waals surface area contributed by atoms with Gasteiger partial charge in [-0.25, -0.2) is 4.79 Å². The third-order valence-electron chi connectivity index (χ3n) is 7.26. The molecule has 0 saturated heterocycles. The smallest absolute Gasteiger partial charge is 0.352 e. The van der Waals surface area contributed by atoms with E-state index in [0.29, 0.717) is 34.7 Å². The number of fused-ring (bicyclic) bond motifs is 1. The van der Waals surface area contributed by atoms with E-state index in [2.05, 4.69) is 34.6 Å². The number of ether oxygens (including phenoxy) is 1. The van der Waals surface area contributed by atoms with Crippen molar-refractivity contribution in [2.45, 2.75) is 45.5 Å². The Morgan fingerprint density at radius 2 is 1.58 bits per heavy atom. The number of carboxylic acids is 1. The van der Waals surface area contributed by atoms with Crippen molar-refractivity contribution in [2.75, 3.05) is 0 Å². The fourth-order valence-electron chi connectivity index (χ4n) is 5.21. The molecule has 8 nitrogen and oxygen atoms in total. The van der Waals surface area contributed by atoms with Crippen LogP contribution in [0.5, 0.6) is 5.75 Å². The van der Waals surface area contributed by atoms with Crippen LogP contribution in [0.25, 0.3) is 22.0 Å². The molecular formula is C36H34ClN3O5. The van der Waals surface area contributed by atoms with E-state index in [1.807, 2.05) is 63.2 Å². The number of aromatic amines is 1. The molecule has 0 saturated carbocycles. The Labute approximate surface area is 266 Å². The van der Waals surface area contributed by atoms with Crippen LogP contribution < -0.4 is 10.1 Å². The van der Waals surface area contributed by atoms with Gasteiger partial charge in [-0.2, -0.15) is 0 Å². The number of carbonyl (C=O) groups excluding carboxylic acids is 2. The lowest BCUT2D eigenvalue weighted by Gasteiger charge is -2.31. The van der Waals surface area contributed by atoms with Crippen molar-refractivity contribution in [1.82, 2.24) is 15.2 Å². The van der Waals surface area contributed by atoms with Crippen LogP contribution in [0.3, 0.4) is 0 Å². The number of nitrogens with one attached hydrogen (secondary N) is 2. The van der Waals surface area contributed by atoms with Crippen molar-refractivity contribution in [3.8, 4) is 16.9 Å². The predicted molar refractivity (Wildman–Crippen MR) is 175 cm³/mol. The van der Waals surface area contributed by atoms with Crippen molar-refractivity contribution in [1.29, 1.82) is 0 Å². The molecule has 0 aliphatic heterocycles. The molecule has 4 aromatic carbocycles. The third-order valence-corrected chi connectivity index (χ3v) is 7.49. The lowest BCUT2D eigenvalue weighted by atomic mass is 9.98. The Kier molecular flexibility index (Phi) is 9.25. The van der Waals surface area contributed by atoms with Gasteiger partial charge in [0.1, 0.15) is 24.1 Å². The van der Waals surface area contributed by atoms with E-state index in [-0.39, 0.29) is 17.8 Å². The largest absolute Gasteiger partial charge is 0.489 e. The van der Waals surface area contributed by atoms with Crippen LogP contribution >= 0.6 is 11.6 Å². The fraction of sp³-hybridized carbons (Fsp3) is 0.194. The van der Waals surface area contributed by atoms with Crippen LogP contribution in [-0.2, 0) is 22.7 Å². The maximum absolute atomic E-state index is 13.7. The number of amides is 2. The maximum Gasteiger partial charge on any atom is 0.352 e. The number of H-pyrrole nitrogens is 1. The Hall–Kier alpha value is -5.08. The van der Waals surface area contributed by atoms with Crippen LogP contribution in [0.2, 0.25) is 5.02 Å². The van der Waals surface area contributed by atoms with Gasteiger partial charge in [0.25, 0.3) is 0 Å². The Morgan fingerprint density at radius 3 is 2.20 bits per heavy atom. The maximum atomic E-state index is 13.7. The minimum absolute atomic E-state index is 0.0479. The molecule has 1 heterocycles. The third kappa shape index (κ3) is 7.53. The van der Waals surface area contributed by atoms with Crippen molar-refractivity contribution in [3.63, 3.8) is 0 Å². The lowest BCUT2D eigenvalue weighted by Crippen LogP contribution is -2.47. The summed E-state index contributed by atoms with van der Waals surface area (Å²) in [5.41, 5.74) is 3.84. The molecule has 5 rings (SSSR count). The Bertz CT molecular complexity index is 1810. The lowest BCUT2D eigenvalue weighted by molar-refractivity contribution is -0.134. The number of halogens is 1. The van der Waals surface area contributed by atoms with Gasteiger partial charge in [-0.1, -0.05) is 84.4 Å². The van der Waals surface area contributed by atoms with Crippen LogP contribution in [0.1, 0.15) is 54.0 Å². The summed E-state index contributed by atoms with van der Waals surface area (Å²) in [4.78, 5) is 42.8. The number of rotatable bonds is 11. The van der Waals surface area contributed by atoms with E-state index in [9.17, 15) is 19.5 Å². The SMILES string of the molecule is CC(C)(C)NC(=O)C(c1c(C(=O)O)[nH]c2cc(Cl)ccc12)N(C=O)Cc1ccc(OCc2ccc(-c3ccccc3)cc2)cc1. The summed E-state index contributed by atoms with van der Waals surface area (Å²) in [5.74, 6) is -1.12. The van der Waals surface area contributed by atoms with Gasteiger partial charge < -0.3 is 25.0 Å². The highest BCUT2D eigenvalue weighted by molar-refractivity contribution is 6.31. The molecule has 230 valence electrons. The molecule has 0 spiro atoms. The summed E-state index contributed by atoms with van der Waals surface area (Å²) >= 11 is 6.16. The van der Waals surface area contributed by atoms with Gasteiger partial charge in [0.2, 0.25) is 12.3 Å². The van der Waals surface area contributed by atoms with E-state index < -0.39 is 23.5 Å². The van der Waals surface area contributed by atoms with Gasteiger partial charge in [-0.05, 0) is 67.3 Å². The molecular weight excluding hydrogens is 590 g/mol. The molecule has 1 atom stereocenters. The van der Waals surface area contributed by atoms with Gasteiger partial charge in [0.05, 0.1) is 0 Å². The zero-order valence-electron chi connectivity index (χ0n) is 25.2. The second kappa shape index (κ2) is 13.3. The summed E-state index contributed by atoms with van der Waals surface area (Å²) in [6.07, 6.45) is 0.566. The first-order valence-corrected chi connectivity index (χ1v) is 14.8. The zero-order chi connectivity index (χ0) is 32.1. The van der Waals surface area contributed by atoms with Gasteiger partial charge in [-0.3, -0.25) is 9.59 Å². The number of benzene rings is 4. The second-order valence-corrected chi connectivity index (χ2v) is 12.3. The summed E-state index contributed by atoms with van der Waals surface area (Å²) < 4.78 is 6.00. The highest BCUT2D eigenvalue weighted by Gasteiger charge is 2.35. The topological polar surface area (TPSA) is 112 Å². The van der Waals surface area contributed by atoms with Gasteiger partial charge in [-0.15, -0.1) is 0 Å². The zero-order valence-corrected chi connectivity index (χ0v) is 26.0. The van der Waals surface area contributed by atoms with Crippen LogP contribution in [-0.4, -0.2) is 38.8 Å². The first-order valence-electron chi connectivity index (χ1n) is 14.5. The number of carbonyl (C=O) groups is 3. The number of nitrogens with zero attached hydrogens (tertiary/aromatic N) is 1. The van der Waals surface area contributed by atoms with Crippen molar-refractivity contribution in [3.05, 3.63) is 124 Å². The van der Waals surface area contributed by atoms with Crippen molar-refractivity contribution < 1.29 is 24.2 Å². The van der Waals surface area contributed by atoms with Gasteiger partial charge in [0.15, 0.2) is 0 Å². The quantitative estimate of drug-likeness (QED) is 0.133. The average Bonchev–Trinajstić information content (AvgIpc) is 3.38. The first-order chi connectivity index (χ1) is 21.5. The number of hydrogen-bond acceptors (Lipinski definition) is 4. The second-order valence-electron chi connectivity index (χ2n) is 11.8. The highest BCUT2D eigenvalue weighted by atomic mass is 35.5. The summed E-state index contributed by atoms with van der Waals surface area (Å²) in [6, 6.07) is 29.2. The van der Waals surface area contributed by atoms with Crippen molar-refractivity contribution in [2.24, 2.45) is 0 Å². The van der Waals surface area contributed by atoms with E-state index in [0.717, 1.165) is 22.3 Å². The monoisotopic (exact) mass is 623 g/mol. The number of aromatic carboxylic acids is 1. The minimum atomic E-state index is -1.26. The van der Waals surface area contributed by atoms with Crippen molar-refractivity contribution >= 4 is 40.8 Å². The molecule has 0 aliphatic rings. The van der Waals surface area contributed by atoms with E-state index in [4.69, 9.17) is 16.3 Å². The van der Waals surface area contributed by atoms with Crippen LogP contribution in [0, 0.1) is 0 Å². The molecule has 0 aliphatic carbocycles. The van der Waals surface area contributed by atoms with Gasteiger partial charge in [0, 0.05) is 33.6 Å². The molecule has 0 bridgehead atoms. The van der Waals surface area contributed by atoms with E-state index in [1.54, 1.807) is 30.3 Å². The fourth-order valence-corrected chi connectivity index (χ4v) is 5.38. The molecule has 0 fully saturated rings. The molecule has 5 aromatic rings. The summed E-state index contributed by atoms with van der Waals surface area (Å²) in [5, 5.41) is 13.9. The van der Waals surface area contributed by atoms with Crippen LogP contribution in [0.15, 0.2) is 97.1 Å². The molecule has 0 radical (unpaired) electrons. The number of carboxylic acid groups (broad SMARTS) is 1. The van der Waals surface area contributed by atoms with Crippen LogP contribution in [0.4, 0.5) is 0 Å². The molecule has 1 aromatic heterocycles. The normalized spacial score (nSPS) is 12.0. The Balaban J connectivity index is 1.36. The molecule has 9 heteroatoms. The number of hydrogen-bond donors (Lipinski definition) is 3. The molecule has 3 N–H and O–H groups in total. The average molecular weight is 624 g/mol. The van der Waals surface area contributed by atoms with E-state index >= 15 is 0 Å². The highest BCUT2D eigenvalue weighted by Crippen LogP contribution is 2.34. The summed E-state index contributed by atoms with van der Waals surface area (Å²) in [6.45, 7) is 5.88. The van der Waals surface area contributed by atoms with E-state index in [1.165, 1.54) is 4.90 Å². The summed E-state index contributed by atoms with van der Waals surface area (Å²) in [7, 11) is 0. The van der Waals surface area contributed by atoms with Gasteiger partial charge >= 0.3 is 5.97 Å². The Morgan fingerprint density at radius 1 is 0.933 bits per heavy atom. The predicted octanol–water partition coefficient (Wildman–Crippen LogP) is 7.38. The standard InChI is InChI=1S/C36H34ClN3O5/c1-36(2,3)39-34(42)33(31-29-18-15-27(37)19-30(29)38-32(31)35(43)44)40(22-41)20-23-11-16-28(17-12-23)45-21-24-9-13-26(14-10-24)25-7-5-4-6-8-25/h4-19,22,33,38H,20-21H2,1-3H3,(H,39,42)(H,43,44). The molecule has 2 amide bonds. The molecule has 1 unspecified atom stereocenters. The number of aromatic nitrogens is 1. The minimum Gasteiger partial charge on any atom is -0.489 e. The first kappa shape index (κ1) is 31.3.